The van der Waals surface area contributed by atoms with E-state index in [0.717, 1.165) is 19.6 Å². The molecule has 1 N–H and O–H groups in total. The number of pyridine rings is 1. The molecule has 1 aliphatic heterocycles. The maximum Gasteiger partial charge on any atom is 0.0583 e. The van der Waals surface area contributed by atoms with Crippen LogP contribution in [0, 0.1) is 6.92 Å². The first-order chi connectivity index (χ1) is 7.31. The third-order valence-corrected chi connectivity index (χ3v) is 3.10. The van der Waals surface area contributed by atoms with Crippen molar-refractivity contribution in [2.24, 2.45) is 0 Å². The summed E-state index contributed by atoms with van der Waals surface area (Å²) in [6, 6.07) is 2.71. The molecule has 1 aliphatic rings. The second kappa shape index (κ2) is 4.62. The van der Waals surface area contributed by atoms with E-state index in [1.165, 1.54) is 17.7 Å². The van der Waals surface area contributed by atoms with E-state index >= 15 is 0 Å². The average Bonchev–Trinajstić information content (AvgIpc) is 2.30. The fraction of sp³-hybridized carbons (Fsp3) is 0.583. The molecule has 0 spiro atoms. The van der Waals surface area contributed by atoms with Crippen molar-refractivity contribution in [2.45, 2.75) is 26.3 Å². The lowest BCUT2D eigenvalue weighted by molar-refractivity contribution is 0.446. The summed E-state index contributed by atoms with van der Waals surface area (Å²) in [5, 5.41) is 3.53. The summed E-state index contributed by atoms with van der Waals surface area (Å²) in [6.45, 7) is 7.65. The van der Waals surface area contributed by atoms with Crippen LogP contribution in [0.3, 0.4) is 0 Å². The van der Waals surface area contributed by atoms with Crippen LogP contribution in [0.4, 0.5) is 5.69 Å². The van der Waals surface area contributed by atoms with E-state index in [1.54, 1.807) is 0 Å². The van der Waals surface area contributed by atoms with E-state index in [9.17, 15) is 0 Å². The molecular weight excluding hydrogens is 186 g/mol. The quantitative estimate of drug-likeness (QED) is 0.794. The molecule has 0 bridgehead atoms. The van der Waals surface area contributed by atoms with Gasteiger partial charge in [-0.25, -0.2) is 0 Å². The highest BCUT2D eigenvalue weighted by atomic mass is 15.2. The minimum Gasteiger partial charge on any atom is -0.367 e. The lowest BCUT2D eigenvalue weighted by Crippen LogP contribution is -2.50. The number of nitrogens with zero attached hydrogens (tertiary/aromatic N) is 2. The Labute approximate surface area is 91.5 Å². The molecule has 1 atom stereocenters. The summed E-state index contributed by atoms with van der Waals surface area (Å²) in [5.74, 6) is 0. The molecule has 0 amide bonds. The molecule has 2 heterocycles. The standard InChI is InChI=1S/C12H19N3/c1-3-11-9-15(7-6-14-11)12-8-13-5-4-10(12)2/h4-5,8,11,14H,3,6-7,9H2,1-2H3. The molecule has 3 heteroatoms. The summed E-state index contributed by atoms with van der Waals surface area (Å²) in [6.07, 6.45) is 5.03. The van der Waals surface area contributed by atoms with Crippen molar-refractivity contribution in [1.29, 1.82) is 0 Å². The number of aryl methyl sites for hydroxylation is 1. The Balaban J connectivity index is 2.13. The van der Waals surface area contributed by atoms with E-state index in [-0.39, 0.29) is 0 Å². The summed E-state index contributed by atoms with van der Waals surface area (Å²) >= 11 is 0. The summed E-state index contributed by atoms with van der Waals surface area (Å²) in [4.78, 5) is 6.65. The maximum absolute atomic E-state index is 4.21. The van der Waals surface area contributed by atoms with Crippen LogP contribution in [0.5, 0.6) is 0 Å². The van der Waals surface area contributed by atoms with Crippen molar-refractivity contribution in [3.63, 3.8) is 0 Å². The molecule has 1 fully saturated rings. The summed E-state index contributed by atoms with van der Waals surface area (Å²) in [5.41, 5.74) is 2.61. The van der Waals surface area contributed by atoms with E-state index in [2.05, 4.69) is 35.1 Å². The zero-order valence-electron chi connectivity index (χ0n) is 9.53. The molecule has 0 aliphatic carbocycles. The minimum atomic E-state index is 0.623. The van der Waals surface area contributed by atoms with Crippen molar-refractivity contribution in [1.82, 2.24) is 10.3 Å². The van der Waals surface area contributed by atoms with Crippen molar-refractivity contribution < 1.29 is 0 Å². The van der Waals surface area contributed by atoms with Crippen LogP contribution in [-0.4, -0.2) is 30.7 Å². The Kier molecular flexibility index (Phi) is 3.21. The normalized spacial score (nSPS) is 21.7. The number of aromatic nitrogens is 1. The average molecular weight is 205 g/mol. The molecule has 0 radical (unpaired) electrons. The Morgan fingerprint density at radius 2 is 2.47 bits per heavy atom. The molecule has 1 unspecified atom stereocenters. The summed E-state index contributed by atoms with van der Waals surface area (Å²) < 4.78 is 0. The SMILES string of the molecule is CCC1CN(c2cnccc2C)CCN1. The largest absolute Gasteiger partial charge is 0.367 e. The zero-order valence-corrected chi connectivity index (χ0v) is 9.53. The molecule has 1 aromatic rings. The fourth-order valence-electron chi connectivity index (χ4n) is 2.10. The van der Waals surface area contributed by atoms with Crippen molar-refractivity contribution in [3.05, 3.63) is 24.0 Å². The number of rotatable bonds is 2. The van der Waals surface area contributed by atoms with Crippen LogP contribution in [-0.2, 0) is 0 Å². The molecule has 2 rings (SSSR count). The Hall–Kier alpha value is -1.09. The van der Waals surface area contributed by atoms with Gasteiger partial charge >= 0.3 is 0 Å². The van der Waals surface area contributed by atoms with E-state index in [4.69, 9.17) is 0 Å². The van der Waals surface area contributed by atoms with E-state index in [1.807, 2.05) is 12.4 Å². The first kappa shape index (κ1) is 10.4. The predicted octanol–water partition coefficient (Wildman–Crippen LogP) is 1.58. The van der Waals surface area contributed by atoms with Gasteiger partial charge in [-0.15, -0.1) is 0 Å². The summed E-state index contributed by atoms with van der Waals surface area (Å²) in [7, 11) is 0. The van der Waals surface area contributed by atoms with E-state index in [0.29, 0.717) is 6.04 Å². The second-order valence-electron chi connectivity index (χ2n) is 4.17. The van der Waals surface area contributed by atoms with Crippen molar-refractivity contribution in [3.8, 4) is 0 Å². The Morgan fingerprint density at radius 3 is 3.20 bits per heavy atom. The van der Waals surface area contributed by atoms with Crippen LogP contribution in [0.15, 0.2) is 18.5 Å². The monoisotopic (exact) mass is 205 g/mol. The first-order valence-electron chi connectivity index (χ1n) is 5.70. The smallest absolute Gasteiger partial charge is 0.0583 e. The van der Waals surface area contributed by atoms with Crippen LogP contribution in [0.1, 0.15) is 18.9 Å². The molecule has 1 aromatic heterocycles. The third kappa shape index (κ3) is 2.29. The van der Waals surface area contributed by atoms with Crippen LogP contribution < -0.4 is 10.2 Å². The Bertz CT molecular complexity index is 324. The van der Waals surface area contributed by atoms with Crippen LogP contribution >= 0.6 is 0 Å². The van der Waals surface area contributed by atoms with Gasteiger partial charge < -0.3 is 10.2 Å². The van der Waals surface area contributed by atoms with Gasteiger partial charge in [0, 0.05) is 31.9 Å². The topological polar surface area (TPSA) is 28.2 Å². The molecule has 0 saturated carbocycles. The van der Waals surface area contributed by atoms with Gasteiger partial charge in [0.25, 0.3) is 0 Å². The molecule has 1 saturated heterocycles. The number of nitrogens with one attached hydrogen (secondary N) is 1. The fourth-order valence-corrected chi connectivity index (χ4v) is 2.10. The van der Waals surface area contributed by atoms with E-state index < -0.39 is 0 Å². The lowest BCUT2D eigenvalue weighted by atomic mass is 10.1. The van der Waals surface area contributed by atoms with Gasteiger partial charge in [-0.1, -0.05) is 6.92 Å². The predicted molar refractivity (Wildman–Crippen MR) is 63.3 cm³/mol. The molecule has 82 valence electrons. The van der Waals surface area contributed by atoms with Crippen LogP contribution in [0.2, 0.25) is 0 Å². The highest BCUT2D eigenvalue weighted by Gasteiger charge is 2.18. The zero-order chi connectivity index (χ0) is 10.7. The van der Waals surface area contributed by atoms with Gasteiger partial charge in [0.15, 0.2) is 0 Å². The minimum absolute atomic E-state index is 0.623. The number of piperazine rings is 1. The van der Waals surface area contributed by atoms with Crippen molar-refractivity contribution >= 4 is 5.69 Å². The highest BCUT2D eigenvalue weighted by molar-refractivity contribution is 5.51. The molecule has 3 nitrogen and oxygen atoms in total. The number of anilines is 1. The number of hydrogen-bond donors (Lipinski definition) is 1. The first-order valence-corrected chi connectivity index (χ1v) is 5.70. The van der Waals surface area contributed by atoms with Gasteiger partial charge in [0.05, 0.1) is 11.9 Å². The highest BCUT2D eigenvalue weighted by Crippen LogP contribution is 2.19. The van der Waals surface area contributed by atoms with Crippen LogP contribution in [0.25, 0.3) is 0 Å². The number of hydrogen-bond acceptors (Lipinski definition) is 3. The second-order valence-corrected chi connectivity index (χ2v) is 4.17. The lowest BCUT2D eigenvalue weighted by Gasteiger charge is -2.35. The van der Waals surface area contributed by atoms with Gasteiger partial charge in [-0.05, 0) is 25.0 Å². The van der Waals surface area contributed by atoms with Gasteiger partial charge in [-0.2, -0.15) is 0 Å². The van der Waals surface area contributed by atoms with Gasteiger partial charge in [0.1, 0.15) is 0 Å². The molecule has 0 aromatic carbocycles. The van der Waals surface area contributed by atoms with Gasteiger partial charge in [0.2, 0.25) is 0 Å². The molecular formula is C12H19N3. The van der Waals surface area contributed by atoms with Crippen molar-refractivity contribution in [2.75, 3.05) is 24.5 Å². The third-order valence-electron chi connectivity index (χ3n) is 3.10. The maximum atomic E-state index is 4.21. The Morgan fingerprint density at radius 1 is 1.60 bits per heavy atom. The van der Waals surface area contributed by atoms with Gasteiger partial charge in [-0.3, -0.25) is 4.98 Å². The molecule has 15 heavy (non-hydrogen) atoms.